The Morgan fingerprint density at radius 3 is 2.54 bits per heavy atom. The molecule has 1 aliphatic heterocycles. The fourth-order valence-corrected chi connectivity index (χ4v) is 6.22. The summed E-state index contributed by atoms with van der Waals surface area (Å²) in [7, 11) is -3.75. The standard InChI is InChI=1S/C22H29BrN2O2S/c1-5-17(13-25-10-6-7-18-12-19(23)8-9-20(18)25)21-14(2)11-15(3)22(16(21)4)28(24,26)27/h8-9,11-12,17H,5-7,10,13H2,1-4H3,(H2,24,26,27)/t17-/m1/s1. The SMILES string of the molecule is CC[C@H](CN1CCCc2cc(Br)ccc21)c1c(C)cc(C)c(S(N)(=O)=O)c1C. The van der Waals surface area contributed by atoms with Crippen LogP contribution in [0.5, 0.6) is 0 Å². The van der Waals surface area contributed by atoms with Crippen LogP contribution in [-0.2, 0) is 16.4 Å². The molecule has 0 radical (unpaired) electrons. The Labute approximate surface area is 177 Å². The molecule has 3 rings (SSSR count). The second-order valence-corrected chi connectivity index (χ2v) is 10.3. The summed E-state index contributed by atoms with van der Waals surface area (Å²) in [5.74, 6) is 0.246. The first-order chi connectivity index (χ1) is 13.1. The quantitative estimate of drug-likeness (QED) is 0.679. The topological polar surface area (TPSA) is 63.4 Å². The van der Waals surface area contributed by atoms with Gasteiger partial charge >= 0.3 is 0 Å². The van der Waals surface area contributed by atoms with Crippen molar-refractivity contribution in [2.45, 2.75) is 57.8 Å². The summed E-state index contributed by atoms with van der Waals surface area (Å²) >= 11 is 3.58. The van der Waals surface area contributed by atoms with Crippen molar-refractivity contribution in [2.75, 3.05) is 18.0 Å². The van der Waals surface area contributed by atoms with Gasteiger partial charge in [0.15, 0.2) is 0 Å². The number of anilines is 1. The Kier molecular flexibility index (Phi) is 6.23. The van der Waals surface area contributed by atoms with E-state index in [9.17, 15) is 8.42 Å². The van der Waals surface area contributed by atoms with Crippen molar-refractivity contribution in [3.8, 4) is 0 Å². The van der Waals surface area contributed by atoms with Crippen molar-refractivity contribution >= 4 is 31.6 Å². The number of nitrogens with two attached hydrogens (primary N) is 1. The zero-order valence-electron chi connectivity index (χ0n) is 17.0. The Morgan fingerprint density at radius 2 is 1.89 bits per heavy atom. The molecule has 0 saturated carbocycles. The van der Waals surface area contributed by atoms with E-state index >= 15 is 0 Å². The molecule has 0 saturated heterocycles. The predicted octanol–water partition coefficient (Wildman–Crippen LogP) is 4.97. The third-order valence-corrected chi connectivity index (χ3v) is 7.53. The van der Waals surface area contributed by atoms with Gasteiger partial charge in [0.1, 0.15) is 0 Å². The largest absolute Gasteiger partial charge is 0.371 e. The molecule has 1 heterocycles. The number of hydrogen-bond donors (Lipinski definition) is 1. The fourth-order valence-electron chi connectivity index (χ4n) is 4.77. The molecule has 4 nitrogen and oxygen atoms in total. The van der Waals surface area contributed by atoms with E-state index in [1.807, 2.05) is 19.9 Å². The maximum Gasteiger partial charge on any atom is 0.238 e. The van der Waals surface area contributed by atoms with Gasteiger partial charge in [-0.1, -0.05) is 28.9 Å². The van der Waals surface area contributed by atoms with Gasteiger partial charge in [-0.15, -0.1) is 0 Å². The lowest BCUT2D eigenvalue weighted by molar-refractivity contribution is 0.586. The second-order valence-electron chi connectivity index (χ2n) is 7.85. The third-order valence-electron chi connectivity index (χ3n) is 5.84. The van der Waals surface area contributed by atoms with Gasteiger partial charge in [0.05, 0.1) is 4.90 Å². The highest BCUT2D eigenvalue weighted by atomic mass is 79.9. The lowest BCUT2D eigenvalue weighted by atomic mass is 9.86. The Morgan fingerprint density at radius 1 is 1.18 bits per heavy atom. The van der Waals surface area contributed by atoms with Crippen LogP contribution in [0, 0.1) is 20.8 Å². The summed E-state index contributed by atoms with van der Waals surface area (Å²) in [6, 6.07) is 8.46. The van der Waals surface area contributed by atoms with E-state index in [4.69, 9.17) is 5.14 Å². The van der Waals surface area contributed by atoms with Gasteiger partial charge in [-0.2, -0.15) is 0 Å². The maximum absolute atomic E-state index is 12.2. The van der Waals surface area contributed by atoms with Gasteiger partial charge in [0.25, 0.3) is 0 Å². The van der Waals surface area contributed by atoms with E-state index in [0.717, 1.165) is 59.1 Å². The second kappa shape index (κ2) is 8.17. The van der Waals surface area contributed by atoms with E-state index in [-0.39, 0.29) is 10.8 Å². The van der Waals surface area contributed by atoms with E-state index in [0.29, 0.717) is 0 Å². The van der Waals surface area contributed by atoms with Crippen LogP contribution >= 0.6 is 15.9 Å². The van der Waals surface area contributed by atoms with Gasteiger partial charge in [-0.05, 0) is 86.1 Å². The molecule has 28 heavy (non-hydrogen) atoms. The summed E-state index contributed by atoms with van der Waals surface area (Å²) in [5.41, 5.74) is 6.47. The highest BCUT2D eigenvalue weighted by molar-refractivity contribution is 9.10. The van der Waals surface area contributed by atoms with Crippen LogP contribution in [0.15, 0.2) is 33.6 Å². The first-order valence-corrected chi connectivity index (χ1v) is 12.1. The molecule has 6 heteroatoms. The number of benzene rings is 2. The number of halogens is 1. The van der Waals surface area contributed by atoms with Crippen molar-refractivity contribution in [1.82, 2.24) is 0 Å². The van der Waals surface area contributed by atoms with Crippen molar-refractivity contribution in [2.24, 2.45) is 5.14 Å². The molecule has 1 aliphatic rings. The molecule has 2 aromatic rings. The summed E-state index contributed by atoms with van der Waals surface area (Å²) in [5, 5.41) is 5.54. The maximum atomic E-state index is 12.2. The summed E-state index contributed by atoms with van der Waals surface area (Å²) in [4.78, 5) is 2.74. The van der Waals surface area contributed by atoms with Crippen LogP contribution in [0.1, 0.15) is 53.5 Å². The molecule has 0 aromatic heterocycles. The molecule has 2 N–H and O–H groups in total. The van der Waals surface area contributed by atoms with Gasteiger partial charge < -0.3 is 4.90 Å². The zero-order chi connectivity index (χ0) is 20.6. The summed E-state index contributed by atoms with van der Waals surface area (Å²) < 4.78 is 25.5. The lowest BCUT2D eigenvalue weighted by Gasteiger charge is -2.35. The normalized spacial score (nSPS) is 15.4. The minimum atomic E-state index is -3.75. The first kappa shape index (κ1) is 21.3. The van der Waals surface area contributed by atoms with E-state index in [2.05, 4.69) is 52.9 Å². The van der Waals surface area contributed by atoms with Crippen molar-refractivity contribution in [3.63, 3.8) is 0 Å². The molecular formula is C22H29BrN2O2S. The molecule has 2 aromatic carbocycles. The molecule has 0 spiro atoms. The molecule has 1 atom stereocenters. The molecular weight excluding hydrogens is 436 g/mol. The van der Waals surface area contributed by atoms with Gasteiger partial charge in [0.2, 0.25) is 10.0 Å². The number of hydrogen-bond acceptors (Lipinski definition) is 3. The van der Waals surface area contributed by atoms with E-state index in [1.54, 1.807) is 0 Å². The number of fused-ring (bicyclic) bond motifs is 1. The summed E-state index contributed by atoms with van der Waals surface area (Å²) in [6.07, 6.45) is 3.17. The smallest absolute Gasteiger partial charge is 0.238 e. The average molecular weight is 465 g/mol. The number of primary sulfonamides is 1. The Balaban J connectivity index is 2.03. The minimum absolute atomic E-state index is 0.246. The van der Waals surface area contributed by atoms with Crippen LogP contribution in [0.2, 0.25) is 0 Å². The van der Waals surface area contributed by atoms with Crippen molar-refractivity contribution in [1.29, 1.82) is 0 Å². The molecule has 0 amide bonds. The Hall–Kier alpha value is -1.37. The Bertz CT molecular complexity index is 1000. The fraction of sp³-hybridized carbons (Fsp3) is 0.455. The number of nitrogens with zero attached hydrogens (tertiary/aromatic N) is 1. The third kappa shape index (κ3) is 4.14. The van der Waals surface area contributed by atoms with Crippen LogP contribution < -0.4 is 10.0 Å². The van der Waals surface area contributed by atoms with Crippen LogP contribution in [0.25, 0.3) is 0 Å². The van der Waals surface area contributed by atoms with Crippen LogP contribution in [-0.4, -0.2) is 21.5 Å². The van der Waals surface area contributed by atoms with Gasteiger partial charge in [-0.25, -0.2) is 13.6 Å². The number of rotatable bonds is 5. The van der Waals surface area contributed by atoms with E-state index in [1.165, 1.54) is 11.3 Å². The van der Waals surface area contributed by atoms with E-state index < -0.39 is 10.0 Å². The highest BCUT2D eigenvalue weighted by Gasteiger charge is 2.26. The molecule has 0 aliphatic carbocycles. The highest BCUT2D eigenvalue weighted by Crippen LogP contribution is 2.36. The van der Waals surface area contributed by atoms with Crippen molar-refractivity contribution in [3.05, 3.63) is 56.6 Å². The predicted molar refractivity (Wildman–Crippen MR) is 120 cm³/mol. The molecule has 0 bridgehead atoms. The zero-order valence-corrected chi connectivity index (χ0v) is 19.5. The minimum Gasteiger partial charge on any atom is -0.371 e. The monoisotopic (exact) mass is 464 g/mol. The molecule has 0 unspecified atom stereocenters. The van der Waals surface area contributed by atoms with Crippen molar-refractivity contribution < 1.29 is 8.42 Å². The number of aryl methyl sites for hydroxylation is 3. The van der Waals surface area contributed by atoms with Crippen LogP contribution in [0.4, 0.5) is 5.69 Å². The summed E-state index contributed by atoms with van der Waals surface area (Å²) in [6.45, 7) is 9.87. The molecule has 152 valence electrons. The van der Waals surface area contributed by atoms with Gasteiger partial charge in [-0.3, -0.25) is 0 Å². The molecule has 0 fully saturated rings. The number of sulfonamides is 1. The first-order valence-electron chi connectivity index (χ1n) is 9.80. The average Bonchev–Trinajstić information content (AvgIpc) is 2.58. The van der Waals surface area contributed by atoms with Crippen LogP contribution in [0.3, 0.4) is 0 Å². The van der Waals surface area contributed by atoms with Gasteiger partial charge in [0, 0.05) is 29.2 Å². The lowest BCUT2D eigenvalue weighted by Crippen LogP contribution is -2.33.